The number of alkyl halides is 3. The maximum absolute atomic E-state index is 12.7. The topological polar surface area (TPSA) is 62.3 Å². The van der Waals surface area contributed by atoms with E-state index < -0.39 is 17.8 Å². The summed E-state index contributed by atoms with van der Waals surface area (Å²) in [6, 6.07) is 8.82. The maximum Gasteiger partial charge on any atom is 0.433 e. The molecule has 1 aromatic heterocycles. The summed E-state index contributed by atoms with van der Waals surface area (Å²) in [5.74, 6) is -0.566. The number of anilines is 1. The second-order valence-corrected chi connectivity index (χ2v) is 6.00. The van der Waals surface area contributed by atoms with Crippen LogP contribution in [0.5, 0.6) is 0 Å². The zero-order chi connectivity index (χ0) is 18.7. The number of hydrogen-bond acceptors (Lipinski definition) is 3. The minimum absolute atomic E-state index is 0.0934. The minimum Gasteiger partial charge on any atom is -0.338 e. The number of nitrogens with zero attached hydrogens (tertiary/aromatic N) is 2. The lowest BCUT2D eigenvalue weighted by Gasteiger charge is -2.16. The Labute approximate surface area is 147 Å². The van der Waals surface area contributed by atoms with Gasteiger partial charge in [-0.1, -0.05) is 12.1 Å². The molecule has 2 heterocycles. The van der Waals surface area contributed by atoms with E-state index >= 15 is 0 Å². The van der Waals surface area contributed by atoms with E-state index in [9.17, 15) is 22.8 Å². The van der Waals surface area contributed by atoms with Crippen molar-refractivity contribution in [1.82, 2.24) is 9.88 Å². The van der Waals surface area contributed by atoms with Crippen LogP contribution in [0.1, 0.15) is 34.5 Å². The summed E-state index contributed by atoms with van der Waals surface area (Å²) in [7, 11) is 0. The minimum atomic E-state index is -4.61. The average molecular weight is 363 g/mol. The molecule has 5 nitrogen and oxygen atoms in total. The number of nitrogens with one attached hydrogen (secondary N) is 1. The molecule has 1 aliphatic rings. The van der Waals surface area contributed by atoms with Crippen LogP contribution in [0.4, 0.5) is 18.9 Å². The number of rotatable bonds is 4. The third-order valence-electron chi connectivity index (χ3n) is 4.04. The number of aromatic nitrogens is 1. The van der Waals surface area contributed by atoms with Crippen molar-refractivity contribution in [3.8, 4) is 0 Å². The van der Waals surface area contributed by atoms with Gasteiger partial charge < -0.3 is 10.2 Å². The molecule has 2 aromatic rings. The van der Waals surface area contributed by atoms with Gasteiger partial charge in [-0.05, 0) is 36.2 Å². The Bertz CT molecular complexity index is 836. The van der Waals surface area contributed by atoms with Crippen LogP contribution in [-0.2, 0) is 17.5 Å². The second-order valence-electron chi connectivity index (χ2n) is 6.00. The molecule has 0 aliphatic carbocycles. The van der Waals surface area contributed by atoms with Gasteiger partial charge >= 0.3 is 6.18 Å². The lowest BCUT2D eigenvalue weighted by atomic mass is 10.1. The van der Waals surface area contributed by atoms with Crippen molar-refractivity contribution in [2.45, 2.75) is 25.6 Å². The van der Waals surface area contributed by atoms with Gasteiger partial charge in [0.05, 0.1) is 0 Å². The van der Waals surface area contributed by atoms with Crippen molar-refractivity contribution in [2.75, 3.05) is 11.9 Å². The van der Waals surface area contributed by atoms with Crippen LogP contribution in [0.15, 0.2) is 42.6 Å². The number of pyridine rings is 1. The monoisotopic (exact) mass is 363 g/mol. The van der Waals surface area contributed by atoms with Crippen molar-refractivity contribution >= 4 is 17.5 Å². The molecular formula is C18H16F3N3O2. The van der Waals surface area contributed by atoms with Crippen LogP contribution in [0.3, 0.4) is 0 Å². The quantitative estimate of drug-likeness (QED) is 0.905. The van der Waals surface area contributed by atoms with E-state index in [2.05, 4.69) is 10.3 Å². The van der Waals surface area contributed by atoms with Crippen molar-refractivity contribution < 1.29 is 22.8 Å². The Balaban J connectivity index is 1.72. The molecule has 1 N–H and O–H groups in total. The van der Waals surface area contributed by atoms with E-state index in [1.807, 2.05) is 6.07 Å². The number of halogens is 3. The van der Waals surface area contributed by atoms with Gasteiger partial charge in [0.2, 0.25) is 5.91 Å². The normalized spacial score (nSPS) is 14.6. The van der Waals surface area contributed by atoms with Crippen LogP contribution in [0.25, 0.3) is 0 Å². The van der Waals surface area contributed by atoms with E-state index in [0.717, 1.165) is 18.2 Å². The van der Waals surface area contributed by atoms with Crippen LogP contribution in [0.2, 0.25) is 0 Å². The molecule has 0 bridgehead atoms. The highest BCUT2D eigenvalue weighted by atomic mass is 19.4. The van der Waals surface area contributed by atoms with Gasteiger partial charge in [0.1, 0.15) is 5.69 Å². The number of carbonyl (C=O) groups is 2. The smallest absolute Gasteiger partial charge is 0.338 e. The first-order valence-electron chi connectivity index (χ1n) is 8.04. The zero-order valence-corrected chi connectivity index (χ0v) is 13.7. The molecule has 1 aromatic carbocycles. The molecule has 1 saturated heterocycles. The summed E-state index contributed by atoms with van der Waals surface area (Å²) in [4.78, 5) is 28.9. The summed E-state index contributed by atoms with van der Waals surface area (Å²) >= 11 is 0. The molecule has 0 radical (unpaired) electrons. The Morgan fingerprint density at radius 2 is 2.04 bits per heavy atom. The third kappa shape index (κ3) is 4.19. The van der Waals surface area contributed by atoms with E-state index in [1.54, 1.807) is 23.1 Å². The molecule has 1 aliphatic heterocycles. The van der Waals surface area contributed by atoms with Gasteiger partial charge in [0.25, 0.3) is 5.91 Å². The lowest BCUT2D eigenvalue weighted by Crippen LogP contribution is -2.23. The number of carbonyl (C=O) groups excluding carboxylic acids is 2. The standard InChI is InChI=1S/C18H16F3N3O2/c19-18(20,21)15-10-13(6-7-22-15)17(26)23-14-4-1-3-12(9-14)11-24-8-2-5-16(24)25/h1,3-4,6-7,9-10H,2,5,8,11H2,(H,23,26). The van der Waals surface area contributed by atoms with Gasteiger partial charge in [0.15, 0.2) is 0 Å². The predicted molar refractivity (Wildman–Crippen MR) is 88.3 cm³/mol. The summed E-state index contributed by atoms with van der Waals surface area (Å²) in [6.07, 6.45) is -2.29. The summed E-state index contributed by atoms with van der Waals surface area (Å²) in [6.45, 7) is 1.14. The van der Waals surface area contributed by atoms with Crippen LogP contribution in [0, 0.1) is 0 Å². The highest BCUT2D eigenvalue weighted by Gasteiger charge is 2.33. The first-order valence-corrected chi connectivity index (χ1v) is 8.04. The fourth-order valence-corrected chi connectivity index (χ4v) is 2.77. The first kappa shape index (κ1) is 17.9. The highest BCUT2D eigenvalue weighted by Crippen LogP contribution is 2.28. The van der Waals surface area contributed by atoms with Crippen LogP contribution < -0.4 is 5.32 Å². The fourth-order valence-electron chi connectivity index (χ4n) is 2.77. The average Bonchev–Trinajstić information content (AvgIpc) is 2.99. The summed E-state index contributed by atoms with van der Waals surface area (Å²) < 4.78 is 38.1. The number of amides is 2. The Kier molecular flexibility index (Phi) is 4.92. The van der Waals surface area contributed by atoms with Gasteiger partial charge in [-0.3, -0.25) is 14.6 Å². The van der Waals surface area contributed by atoms with E-state index in [0.29, 0.717) is 31.3 Å². The zero-order valence-electron chi connectivity index (χ0n) is 13.7. The van der Waals surface area contributed by atoms with E-state index in [4.69, 9.17) is 0 Å². The number of likely N-dealkylation sites (tertiary alicyclic amines) is 1. The molecular weight excluding hydrogens is 347 g/mol. The molecule has 8 heteroatoms. The molecule has 0 atom stereocenters. The van der Waals surface area contributed by atoms with Gasteiger partial charge in [-0.25, -0.2) is 0 Å². The van der Waals surface area contributed by atoms with E-state index in [1.165, 1.54) is 6.07 Å². The van der Waals surface area contributed by atoms with Crippen LogP contribution >= 0.6 is 0 Å². The van der Waals surface area contributed by atoms with Crippen molar-refractivity contribution in [3.63, 3.8) is 0 Å². The molecule has 1 fully saturated rings. The van der Waals surface area contributed by atoms with Crippen molar-refractivity contribution in [2.24, 2.45) is 0 Å². The van der Waals surface area contributed by atoms with Gasteiger partial charge in [-0.15, -0.1) is 0 Å². The maximum atomic E-state index is 12.7. The number of hydrogen-bond donors (Lipinski definition) is 1. The van der Waals surface area contributed by atoms with E-state index in [-0.39, 0.29) is 11.5 Å². The summed E-state index contributed by atoms with van der Waals surface area (Å²) in [5.41, 5.74) is 0.0344. The molecule has 26 heavy (non-hydrogen) atoms. The lowest BCUT2D eigenvalue weighted by molar-refractivity contribution is -0.141. The molecule has 2 amide bonds. The predicted octanol–water partition coefficient (Wildman–Crippen LogP) is 3.48. The second kappa shape index (κ2) is 7.15. The molecule has 136 valence electrons. The number of benzene rings is 1. The summed E-state index contributed by atoms with van der Waals surface area (Å²) in [5, 5.41) is 2.58. The van der Waals surface area contributed by atoms with Crippen molar-refractivity contribution in [3.05, 3.63) is 59.4 Å². The molecule has 3 rings (SSSR count). The Morgan fingerprint density at radius 1 is 1.23 bits per heavy atom. The van der Waals surface area contributed by atoms with Gasteiger partial charge in [0, 0.05) is 37.0 Å². The Morgan fingerprint density at radius 3 is 2.73 bits per heavy atom. The van der Waals surface area contributed by atoms with Gasteiger partial charge in [-0.2, -0.15) is 13.2 Å². The molecule has 0 spiro atoms. The molecule has 0 unspecified atom stereocenters. The largest absolute Gasteiger partial charge is 0.433 e. The first-order chi connectivity index (χ1) is 12.3. The third-order valence-corrected chi connectivity index (χ3v) is 4.04. The SMILES string of the molecule is O=C(Nc1cccc(CN2CCCC2=O)c1)c1ccnc(C(F)(F)F)c1. The highest BCUT2D eigenvalue weighted by molar-refractivity contribution is 6.04. The van der Waals surface area contributed by atoms with Crippen LogP contribution in [-0.4, -0.2) is 28.2 Å². The Hall–Kier alpha value is -2.90. The molecule has 0 saturated carbocycles. The fraction of sp³-hybridized carbons (Fsp3) is 0.278. The van der Waals surface area contributed by atoms with Crippen molar-refractivity contribution in [1.29, 1.82) is 0 Å².